The van der Waals surface area contributed by atoms with E-state index in [0.29, 0.717) is 32.7 Å². The van der Waals surface area contributed by atoms with Crippen LogP contribution in [-0.4, -0.2) is 72.1 Å². The smallest absolute Gasteiger partial charge is 0.321 e. The number of anilines is 1. The first-order valence-corrected chi connectivity index (χ1v) is 11.0. The summed E-state index contributed by atoms with van der Waals surface area (Å²) in [6, 6.07) is 15.5. The average molecular weight is 442 g/mol. The molecular formula is C24H32FN5O2. The maximum absolute atomic E-state index is 13.2. The Morgan fingerprint density at radius 3 is 2.28 bits per heavy atom. The maximum Gasteiger partial charge on any atom is 0.321 e. The third kappa shape index (κ3) is 7.23. The fraction of sp³-hybridized carbons (Fsp3) is 0.417. The fourth-order valence-corrected chi connectivity index (χ4v) is 3.56. The number of benzene rings is 2. The molecule has 0 radical (unpaired) electrons. The molecule has 0 spiro atoms. The molecule has 2 N–H and O–H groups in total. The highest BCUT2D eigenvalue weighted by Gasteiger charge is 2.22. The molecule has 0 aliphatic carbocycles. The van der Waals surface area contributed by atoms with Crippen molar-refractivity contribution < 1.29 is 14.0 Å². The number of para-hydroxylation sites is 1. The van der Waals surface area contributed by atoms with Crippen molar-refractivity contribution in [1.82, 2.24) is 20.0 Å². The van der Waals surface area contributed by atoms with Crippen LogP contribution in [0.5, 0.6) is 0 Å². The van der Waals surface area contributed by atoms with Crippen LogP contribution in [0, 0.1) is 5.82 Å². The lowest BCUT2D eigenvalue weighted by atomic mass is 10.2. The summed E-state index contributed by atoms with van der Waals surface area (Å²) in [6.07, 6.45) is 0. The number of nitrogens with one attached hydrogen (secondary N) is 2. The van der Waals surface area contributed by atoms with Gasteiger partial charge in [0.25, 0.3) is 0 Å². The van der Waals surface area contributed by atoms with E-state index < -0.39 is 0 Å². The van der Waals surface area contributed by atoms with Gasteiger partial charge >= 0.3 is 12.1 Å². The van der Waals surface area contributed by atoms with E-state index in [1.807, 2.05) is 49.1 Å². The maximum atomic E-state index is 13.2. The topological polar surface area (TPSA) is 67.9 Å². The van der Waals surface area contributed by atoms with Crippen molar-refractivity contribution in [3.63, 3.8) is 0 Å². The van der Waals surface area contributed by atoms with Crippen molar-refractivity contribution >= 4 is 17.7 Å². The van der Waals surface area contributed by atoms with Crippen LogP contribution in [0.25, 0.3) is 0 Å². The molecule has 2 aromatic rings. The zero-order valence-corrected chi connectivity index (χ0v) is 18.8. The molecule has 1 heterocycles. The molecule has 3 rings (SSSR count). The van der Waals surface area contributed by atoms with Crippen LogP contribution in [0.3, 0.4) is 0 Å². The van der Waals surface area contributed by atoms with Crippen molar-refractivity contribution in [3.8, 4) is 0 Å². The predicted octanol–water partition coefficient (Wildman–Crippen LogP) is 3.60. The van der Waals surface area contributed by atoms with Gasteiger partial charge in [-0.3, -0.25) is 4.90 Å². The summed E-state index contributed by atoms with van der Waals surface area (Å²) in [5, 5.41) is 5.86. The fourth-order valence-electron chi connectivity index (χ4n) is 3.56. The molecule has 32 heavy (non-hydrogen) atoms. The average Bonchev–Trinajstić information content (AvgIpc) is 2.78. The van der Waals surface area contributed by atoms with Gasteiger partial charge in [-0.15, -0.1) is 0 Å². The third-order valence-corrected chi connectivity index (χ3v) is 5.36. The second-order valence-electron chi connectivity index (χ2n) is 8.28. The lowest BCUT2D eigenvalue weighted by Crippen LogP contribution is -2.52. The van der Waals surface area contributed by atoms with E-state index in [2.05, 4.69) is 15.5 Å². The van der Waals surface area contributed by atoms with E-state index in [1.54, 1.807) is 17.0 Å². The van der Waals surface area contributed by atoms with Gasteiger partial charge in [0.15, 0.2) is 0 Å². The van der Waals surface area contributed by atoms with E-state index in [0.717, 1.165) is 24.3 Å². The number of amides is 4. The summed E-state index contributed by atoms with van der Waals surface area (Å²) in [5.74, 6) is -0.291. The van der Waals surface area contributed by atoms with E-state index in [4.69, 9.17) is 0 Å². The predicted molar refractivity (Wildman–Crippen MR) is 124 cm³/mol. The lowest BCUT2D eigenvalue weighted by molar-refractivity contribution is 0.133. The Labute approximate surface area is 189 Å². The normalized spacial score (nSPS) is 14.3. The number of halogens is 1. The molecule has 1 saturated heterocycles. The molecular weight excluding hydrogens is 409 g/mol. The number of carbonyl (C=O) groups is 2. The minimum Gasteiger partial charge on any atom is -0.336 e. The molecule has 1 aliphatic rings. The number of urea groups is 2. The molecule has 0 aromatic heterocycles. The van der Waals surface area contributed by atoms with Gasteiger partial charge in [0.1, 0.15) is 5.82 Å². The Bertz CT molecular complexity index is 868. The Hall–Kier alpha value is -3.13. The third-order valence-electron chi connectivity index (χ3n) is 5.36. The zero-order valence-electron chi connectivity index (χ0n) is 18.8. The van der Waals surface area contributed by atoms with Gasteiger partial charge < -0.3 is 20.4 Å². The SMILES string of the molecule is CC(C)NC(=O)N(CCN1CCN(C(=O)Nc2ccccc2)CC1)Cc1ccc(F)cc1. The van der Waals surface area contributed by atoms with Crippen LogP contribution in [-0.2, 0) is 6.54 Å². The molecule has 0 atom stereocenters. The minimum absolute atomic E-state index is 0.0323. The van der Waals surface area contributed by atoms with Crippen LogP contribution in [0.4, 0.5) is 19.7 Å². The largest absolute Gasteiger partial charge is 0.336 e. The summed E-state index contributed by atoms with van der Waals surface area (Å²) in [5.41, 5.74) is 1.67. The van der Waals surface area contributed by atoms with Gasteiger partial charge in [0.05, 0.1) is 0 Å². The molecule has 172 valence electrons. The number of rotatable bonds is 7. The Morgan fingerprint density at radius 2 is 1.66 bits per heavy atom. The second-order valence-corrected chi connectivity index (χ2v) is 8.28. The monoisotopic (exact) mass is 441 g/mol. The minimum atomic E-state index is -0.291. The van der Waals surface area contributed by atoms with Crippen molar-refractivity contribution in [2.75, 3.05) is 44.6 Å². The molecule has 4 amide bonds. The Morgan fingerprint density at radius 1 is 1.00 bits per heavy atom. The molecule has 7 nitrogen and oxygen atoms in total. The molecule has 1 aliphatic heterocycles. The van der Waals surface area contributed by atoms with Crippen LogP contribution < -0.4 is 10.6 Å². The number of piperazine rings is 1. The van der Waals surface area contributed by atoms with Gasteiger partial charge in [0.2, 0.25) is 0 Å². The molecule has 0 unspecified atom stereocenters. The molecule has 0 bridgehead atoms. The lowest BCUT2D eigenvalue weighted by Gasteiger charge is -2.36. The Kier molecular flexibility index (Phi) is 8.44. The highest BCUT2D eigenvalue weighted by molar-refractivity contribution is 5.89. The van der Waals surface area contributed by atoms with Gasteiger partial charge in [-0.25, -0.2) is 14.0 Å². The van der Waals surface area contributed by atoms with Gasteiger partial charge in [-0.1, -0.05) is 30.3 Å². The number of hydrogen-bond donors (Lipinski definition) is 2. The van der Waals surface area contributed by atoms with E-state index in [1.165, 1.54) is 12.1 Å². The van der Waals surface area contributed by atoms with Crippen molar-refractivity contribution in [1.29, 1.82) is 0 Å². The van der Waals surface area contributed by atoms with Gasteiger partial charge in [-0.05, 0) is 43.7 Å². The summed E-state index contributed by atoms with van der Waals surface area (Å²) in [4.78, 5) is 31.0. The van der Waals surface area contributed by atoms with Crippen molar-refractivity contribution in [2.45, 2.75) is 26.4 Å². The van der Waals surface area contributed by atoms with Gasteiger partial charge in [0, 0.05) is 57.5 Å². The summed E-state index contributed by atoms with van der Waals surface area (Å²) in [7, 11) is 0. The number of nitrogens with zero attached hydrogens (tertiary/aromatic N) is 3. The quantitative estimate of drug-likeness (QED) is 0.690. The molecule has 8 heteroatoms. The summed E-state index contributed by atoms with van der Waals surface area (Å²) < 4.78 is 13.2. The van der Waals surface area contributed by atoms with Crippen LogP contribution >= 0.6 is 0 Å². The molecule has 0 saturated carbocycles. The standard InChI is InChI=1S/C24H32FN5O2/c1-19(2)26-23(31)30(18-20-8-10-21(25)11-9-20)17-14-28-12-15-29(16-13-28)24(32)27-22-6-4-3-5-7-22/h3-11,19H,12-18H2,1-2H3,(H,26,31)(H,27,32). The first-order chi connectivity index (χ1) is 15.4. The zero-order chi connectivity index (χ0) is 22.9. The van der Waals surface area contributed by atoms with Crippen LogP contribution in [0.2, 0.25) is 0 Å². The summed E-state index contributed by atoms with van der Waals surface area (Å²) >= 11 is 0. The first kappa shape index (κ1) is 23.5. The van der Waals surface area contributed by atoms with Crippen molar-refractivity contribution in [3.05, 3.63) is 66.0 Å². The van der Waals surface area contributed by atoms with E-state index >= 15 is 0 Å². The molecule has 1 fully saturated rings. The number of hydrogen-bond acceptors (Lipinski definition) is 3. The van der Waals surface area contributed by atoms with Crippen LogP contribution in [0.1, 0.15) is 19.4 Å². The molecule has 2 aromatic carbocycles. The van der Waals surface area contributed by atoms with E-state index in [-0.39, 0.29) is 23.9 Å². The van der Waals surface area contributed by atoms with Crippen molar-refractivity contribution in [2.24, 2.45) is 0 Å². The highest BCUT2D eigenvalue weighted by Crippen LogP contribution is 2.11. The van der Waals surface area contributed by atoms with Gasteiger partial charge in [-0.2, -0.15) is 0 Å². The number of carbonyl (C=O) groups excluding carboxylic acids is 2. The first-order valence-electron chi connectivity index (χ1n) is 11.0. The second kappa shape index (κ2) is 11.5. The van der Waals surface area contributed by atoms with E-state index in [9.17, 15) is 14.0 Å². The van der Waals surface area contributed by atoms with Crippen LogP contribution in [0.15, 0.2) is 54.6 Å². The summed E-state index contributed by atoms with van der Waals surface area (Å²) in [6.45, 7) is 8.28. The highest BCUT2D eigenvalue weighted by atomic mass is 19.1. The Balaban J connectivity index is 1.49.